The van der Waals surface area contributed by atoms with Gasteiger partial charge in [-0.2, -0.15) is 0 Å². The van der Waals surface area contributed by atoms with Gasteiger partial charge in [0, 0.05) is 32.7 Å². The minimum absolute atomic E-state index is 0.490. The van der Waals surface area contributed by atoms with Crippen molar-refractivity contribution in [2.75, 3.05) is 40.4 Å². The van der Waals surface area contributed by atoms with Gasteiger partial charge in [0.2, 0.25) is 0 Å². The minimum Gasteiger partial charge on any atom is -0.493 e. The molecule has 6 heteroatoms. The number of ether oxygens (including phenoxy) is 2. The highest BCUT2D eigenvalue weighted by Crippen LogP contribution is 2.27. The zero-order chi connectivity index (χ0) is 19.5. The summed E-state index contributed by atoms with van der Waals surface area (Å²) in [4.78, 5) is 6.96. The van der Waals surface area contributed by atoms with Crippen LogP contribution in [0.4, 0.5) is 0 Å². The second kappa shape index (κ2) is 11.7. The molecule has 1 heterocycles. The Morgan fingerprint density at radius 3 is 2.63 bits per heavy atom. The van der Waals surface area contributed by atoms with Crippen LogP contribution in [0.25, 0.3) is 0 Å². The topological polar surface area (TPSA) is 58.1 Å². The number of guanidine groups is 1. The van der Waals surface area contributed by atoms with Gasteiger partial charge in [0.1, 0.15) is 0 Å². The van der Waals surface area contributed by atoms with Gasteiger partial charge in [0.15, 0.2) is 17.5 Å². The molecule has 1 aliphatic heterocycles. The van der Waals surface area contributed by atoms with E-state index in [0.29, 0.717) is 19.2 Å². The molecule has 152 valence electrons. The summed E-state index contributed by atoms with van der Waals surface area (Å²) >= 11 is 0. The lowest BCUT2D eigenvalue weighted by molar-refractivity contribution is 0.203. The van der Waals surface area contributed by atoms with E-state index < -0.39 is 0 Å². The number of nitrogens with zero attached hydrogens (tertiary/aromatic N) is 2. The molecule has 1 aliphatic rings. The molecule has 1 saturated heterocycles. The van der Waals surface area contributed by atoms with E-state index in [4.69, 9.17) is 9.47 Å². The summed E-state index contributed by atoms with van der Waals surface area (Å²) in [6, 6.07) is 6.51. The van der Waals surface area contributed by atoms with Crippen molar-refractivity contribution in [3.63, 3.8) is 0 Å². The number of unbranched alkanes of at least 4 members (excludes halogenated alkanes) is 1. The molecule has 0 aliphatic carbocycles. The van der Waals surface area contributed by atoms with Crippen LogP contribution in [-0.2, 0) is 6.54 Å². The summed E-state index contributed by atoms with van der Waals surface area (Å²) in [6.45, 7) is 9.12. The number of benzene rings is 1. The molecular formula is C21H36N4O2. The Labute approximate surface area is 164 Å². The number of hydrogen-bond donors (Lipinski definition) is 2. The van der Waals surface area contributed by atoms with E-state index >= 15 is 0 Å². The molecule has 0 amide bonds. The molecule has 0 spiro atoms. The zero-order valence-electron chi connectivity index (χ0n) is 17.4. The van der Waals surface area contributed by atoms with Crippen molar-refractivity contribution in [2.24, 2.45) is 4.99 Å². The largest absolute Gasteiger partial charge is 0.493 e. The lowest BCUT2D eigenvalue weighted by Crippen LogP contribution is -2.48. The van der Waals surface area contributed by atoms with Crippen molar-refractivity contribution in [3.05, 3.63) is 23.8 Å². The second-order valence-electron chi connectivity index (χ2n) is 6.96. The van der Waals surface area contributed by atoms with Crippen molar-refractivity contribution in [1.82, 2.24) is 15.5 Å². The number of aliphatic imine (C=N–C) groups is 1. The smallest absolute Gasteiger partial charge is 0.191 e. The van der Waals surface area contributed by atoms with Crippen LogP contribution in [0.1, 0.15) is 45.1 Å². The van der Waals surface area contributed by atoms with Crippen LogP contribution in [0.3, 0.4) is 0 Å². The van der Waals surface area contributed by atoms with Crippen molar-refractivity contribution < 1.29 is 9.47 Å². The highest BCUT2D eigenvalue weighted by Gasteiger charge is 2.19. The predicted octanol–water partition coefficient (Wildman–Crippen LogP) is 3.02. The molecule has 6 nitrogen and oxygen atoms in total. The van der Waals surface area contributed by atoms with E-state index in [2.05, 4.69) is 27.4 Å². The van der Waals surface area contributed by atoms with Crippen LogP contribution in [0, 0.1) is 0 Å². The summed E-state index contributed by atoms with van der Waals surface area (Å²) in [7, 11) is 3.49. The molecule has 0 bridgehead atoms. The fraction of sp³-hybridized carbons (Fsp3) is 0.667. The number of nitrogens with one attached hydrogen (secondary N) is 2. The van der Waals surface area contributed by atoms with E-state index in [0.717, 1.165) is 23.0 Å². The highest BCUT2D eigenvalue weighted by atomic mass is 16.5. The molecule has 27 heavy (non-hydrogen) atoms. The summed E-state index contributed by atoms with van der Waals surface area (Å²) in [5, 5.41) is 6.99. The molecule has 2 N–H and O–H groups in total. The first-order valence-electron chi connectivity index (χ1n) is 10.2. The molecule has 2 rings (SSSR count). The summed E-state index contributed by atoms with van der Waals surface area (Å²) in [6.07, 6.45) is 4.90. The molecule has 1 aromatic carbocycles. The molecule has 1 fully saturated rings. The number of piperidine rings is 1. The van der Waals surface area contributed by atoms with Crippen molar-refractivity contribution in [2.45, 2.75) is 52.1 Å². The predicted molar refractivity (Wildman–Crippen MR) is 112 cm³/mol. The monoisotopic (exact) mass is 376 g/mol. The van der Waals surface area contributed by atoms with Gasteiger partial charge >= 0.3 is 0 Å². The normalized spacial score (nSPS) is 16.2. The van der Waals surface area contributed by atoms with Gasteiger partial charge in [-0.1, -0.05) is 19.4 Å². The Bertz CT molecular complexity index is 584. The lowest BCUT2D eigenvalue weighted by Gasteiger charge is -2.33. The third-order valence-corrected chi connectivity index (χ3v) is 4.97. The van der Waals surface area contributed by atoms with Gasteiger partial charge < -0.3 is 25.0 Å². The average Bonchev–Trinajstić information content (AvgIpc) is 2.71. The fourth-order valence-corrected chi connectivity index (χ4v) is 3.36. The maximum atomic E-state index is 5.66. The first kappa shape index (κ1) is 21.4. The minimum atomic E-state index is 0.490. The maximum absolute atomic E-state index is 5.66. The Balaban J connectivity index is 1.81. The van der Waals surface area contributed by atoms with E-state index in [-0.39, 0.29) is 0 Å². The van der Waals surface area contributed by atoms with Gasteiger partial charge in [-0.15, -0.1) is 0 Å². The van der Waals surface area contributed by atoms with Crippen LogP contribution in [0.15, 0.2) is 23.2 Å². The molecule has 0 saturated carbocycles. The number of hydrogen-bond acceptors (Lipinski definition) is 4. The van der Waals surface area contributed by atoms with Crippen LogP contribution in [0.5, 0.6) is 11.5 Å². The number of likely N-dealkylation sites (tertiary alicyclic amines) is 1. The van der Waals surface area contributed by atoms with E-state index in [1.165, 1.54) is 45.3 Å². The lowest BCUT2D eigenvalue weighted by atomic mass is 10.0. The van der Waals surface area contributed by atoms with Gasteiger partial charge in [-0.3, -0.25) is 4.99 Å². The quantitative estimate of drug-likeness (QED) is 0.512. The standard InChI is InChI=1S/C21H36N4O2/c1-5-7-12-25-13-10-18(11-14-25)24-21(22-3)23-16-17-8-9-19(26-4)20(15-17)27-6-2/h8-9,15,18H,5-7,10-14,16H2,1-4H3,(H2,22,23,24). The Hall–Kier alpha value is -1.95. The van der Waals surface area contributed by atoms with E-state index in [1.807, 2.05) is 32.2 Å². The Morgan fingerprint density at radius 2 is 2.00 bits per heavy atom. The molecule has 0 unspecified atom stereocenters. The fourth-order valence-electron chi connectivity index (χ4n) is 3.36. The Kier molecular flexibility index (Phi) is 9.25. The first-order chi connectivity index (χ1) is 13.2. The summed E-state index contributed by atoms with van der Waals surface area (Å²) in [5.41, 5.74) is 1.14. The Morgan fingerprint density at radius 1 is 1.22 bits per heavy atom. The molecule has 0 atom stereocenters. The molecule has 0 aromatic heterocycles. The number of methoxy groups -OCH3 is 1. The summed E-state index contributed by atoms with van der Waals surface area (Å²) < 4.78 is 11.0. The highest BCUT2D eigenvalue weighted by molar-refractivity contribution is 5.80. The molecular weight excluding hydrogens is 340 g/mol. The van der Waals surface area contributed by atoms with E-state index in [9.17, 15) is 0 Å². The first-order valence-corrected chi connectivity index (χ1v) is 10.2. The second-order valence-corrected chi connectivity index (χ2v) is 6.96. The van der Waals surface area contributed by atoms with Crippen LogP contribution in [0.2, 0.25) is 0 Å². The SMILES string of the molecule is CCCCN1CCC(NC(=NC)NCc2ccc(OC)c(OCC)c2)CC1. The van der Waals surface area contributed by atoms with Gasteiger partial charge in [0.25, 0.3) is 0 Å². The van der Waals surface area contributed by atoms with Crippen molar-refractivity contribution >= 4 is 5.96 Å². The van der Waals surface area contributed by atoms with Crippen molar-refractivity contribution in [3.8, 4) is 11.5 Å². The average molecular weight is 377 g/mol. The van der Waals surface area contributed by atoms with Crippen molar-refractivity contribution in [1.29, 1.82) is 0 Å². The van der Waals surface area contributed by atoms with Crippen LogP contribution < -0.4 is 20.1 Å². The maximum Gasteiger partial charge on any atom is 0.191 e. The van der Waals surface area contributed by atoms with E-state index in [1.54, 1.807) is 7.11 Å². The van der Waals surface area contributed by atoms with Crippen LogP contribution >= 0.6 is 0 Å². The van der Waals surface area contributed by atoms with Gasteiger partial charge in [-0.05, 0) is 50.4 Å². The third kappa shape index (κ3) is 6.94. The molecule has 0 radical (unpaired) electrons. The van der Waals surface area contributed by atoms with Crippen LogP contribution in [-0.4, -0.2) is 57.3 Å². The zero-order valence-corrected chi connectivity index (χ0v) is 17.4. The molecule has 1 aromatic rings. The summed E-state index contributed by atoms with van der Waals surface area (Å²) in [5.74, 6) is 2.40. The number of rotatable bonds is 9. The third-order valence-electron chi connectivity index (χ3n) is 4.97. The van der Waals surface area contributed by atoms with Gasteiger partial charge in [-0.25, -0.2) is 0 Å². The van der Waals surface area contributed by atoms with Gasteiger partial charge in [0.05, 0.1) is 13.7 Å².